The predicted octanol–water partition coefficient (Wildman–Crippen LogP) is 2.75. The third-order valence-electron chi connectivity index (χ3n) is 1.88. The summed E-state index contributed by atoms with van der Waals surface area (Å²) in [5, 5.41) is 0. The summed E-state index contributed by atoms with van der Waals surface area (Å²) in [7, 11) is -6.12. The summed E-state index contributed by atoms with van der Waals surface area (Å²) >= 11 is 0. The number of aldehydes is 1. The molecule has 0 aromatic heterocycles. The topological polar surface area (TPSA) is 60.4 Å². The van der Waals surface area contributed by atoms with E-state index < -0.39 is 38.7 Å². The van der Waals surface area contributed by atoms with E-state index in [-0.39, 0.29) is 12.4 Å². The molecule has 0 saturated carbocycles. The van der Waals surface area contributed by atoms with Crippen molar-refractivity contribution in [2.24, 2.45) is 0 Å². The minimum Gasteiger partial charge on any atom is -0.376 e. The fourth-order valence-corrected chi connectivity index (χ4v) is 1.52. The lowest BCUT2D eigenvalue weighted by atomic mass is 10.1. The van der Waals surface area contributed by atoms with Crippen LogP contribution in [0.4, 0.5) is 26.3 Å². The van der Waals surface area contributed by atoms with Crippen LogP contribution in [0.25, 0.3) is 0 Å². The van der Waals surface area contributed by atoms with Gasteiger partial charge in [-0.2, -0.15) is 34.8 Å². The largest absolute Gasteiger partial charge is 0.534 e. The molecule has 112 valence electrons. The summed E-state index contributed by atoms with van der Waals surface area (Å²) in [5.41, 5.74) is -8.01. The van der Waals surface area contributed by atoms with E-state index in [1.807, 2.05) is 0 Å². The number of carbonyl (C=O) groups is 1. The summed E-state index contributed by atoms with van der Waals surface area (Å²) in [5.74, 6) is -1.26. The van der Waals surface area contributed by atoms with Crippen molar-refractivity contribution in [1.29, 1.82) is 0 Å². The molecular formula is C9H4F6O4S. The Morgan fingerprint density at radius 1 is 1.00 bits per heavy atom. The molecule has 0 aliphatic rings. The standard InChI is InChI=1S/C9H4F6O4S/c10-8(11,12)6-1-5(4-16)2-7(3-6)19-20(17,18)9(13,14)15/h1-4H. The molecule has 0 saturated heterocycles. The first-order chi connectivity index (χ1) is 8.87. The van der Waals surface area contributed by atoms with Crippen LogP contribution in [0, 0.1) is 0 Å². The smallest absolute Gasteiger partial charge is 0.376 e. The fraction of sp³-hybridized carbons (Fsp3) is 0.222. The summed E-state index contributed by atoms with van der Waals surface area (Å²) in [6.07, 6.45) is -5.08. The van der Waals surface area contributed by atoms with Crippen LogP contribution in [0.3, 0.4) is 0 Å². The molecule has 4 nitrogen and oxygen atoms in total. The molecule has 0 amide bonds. The van der Waals surface area contributed by atoms with E-state index in [9.17, 15) is 39.6 Å². The predicted molar refractivity (Wildman–Crippen MR) is 52.4 cm³/mol. The summed E-state index contributed by atoms with van der Waals surface area (Å²) in [4.78, 5) is 10.4. The van der Waals surface area contributed by atoms with Crippen LogP contribution in [0.2, 0.25) is 0 Å². The maximum Gasteiger partial charge on any atom is 0.534 e. The van der Waals surface area contributed by atoms with Gasteiger partial charge in [0.05, 0.1) is 5.56 Å². The lowest BCUT2D eigenvalue weighted by molar-refractivity contribution is -0.137. The van der Waals surface area contributed by atoms with Crippen molar-refractivity contribution in [3.8, 4) is 5.75 Å². The molecule has 0 bridgehead atoms. The van der Waals surface area contributed by atoms with Gasteiger partial charge >= 0.3 is 21.8 Å². The highest BCUT2D eigenvalue weighted by molar-refractivity contribution is 7.88. The number of benzene rings is 1. The van der Waals surface area contributed by atoms with Gasteiger partial charge < -0.3 is 4.18 Å². The molecular weight excluding hydrogens is 318 g/mol. The number of halogens is 6. The number of hydrogen-bond acceptors (Lipinski definition) is 4. The Hall–Kier alpha value is -1.78. The van der Waals surface area contributed by atoms with Crippen LogP contribution in [0.5, 0.6) is 5.75 Å². The maximum absolute atomic E-state index is 12.4. The summed E-state index contributed by atoms with van der Waals surface area (Å²) in [6.45, 7) is 0. The number of rotatable bonds is 3. The molecule has 0 aliphatic heterocycles. The Labute approximate surface area is 108 Å². The average molecular weight is 322 g/mol. The third-order valence-corrected chi connectivity index (χ3v) is 2.86. The first-order valence-electron chi connectivity index (χ1n) is 4.55. The van der Waals surface area contributed by atoms with Crippen molar-refractivity contribution in [3.05, 3.63) is 29.3 Å². The van der Waals surface area contributed by atoms with Gasteiger partial charge in [-0.05, 0) is 18.2 Å². The molecule has 1 aromatic rings. The summed E-state index contributed by atoms with van der Waals surface area (Å²) < 4.78 is 98.2. The molecule has 1 rings (SSSR count). The van der Waals surface area contributed by atoms with Crippen molar-refractivity contribution >= 4 is 16.4 Å². The molecule has 0 N–H and O–H groups in total. The Kier molecular flexibility index (Phi) is 4.04. The minimum absolute atomic E-state index is 0.0380. The molecule has 0 spiro atoms. The van der Waals surface area contributed by atoms with E-state index in [1.165, 1.54) is 0 Å². The quantitative estimate of drug-likeness (QED) is 0.372. The molecule has 11 heteroatoms. The van der Waals surface area contributed by atoms with Crippen LogP contribution in [0.1, 0.15) is 15.9 Å². The number of carbonyl (C=O) groups excluding carboxylic acids is 1. The zero-order valence-corrected chi connectivity index (χ0v) is 9.93. The van der Waals surface area contributed by atoms with Gasteiger partial charge in [0.1, 0.15) is 12.0 Å². The molecule has 0 atom stereocenters. The van der Waals surface area contributed by atoms with Gasteiger partial charge in [0, 0.05) is 5.56 Å². The first-order valence-corrected chi connectivity index (χ1v) is 5.96. The van der Waals surface area contributed by atoms with E-state index in [1.54, 1.807) is 0 Å². The van der Waals surface area contributed by atoms with Gasteiger partial charge in [-0.3, -0.25) is 4.79 Å². The Balaban J connectivity index is 3.30. The van der Waals surface area contributed by atoms with Gasteiger partial charge in [0.2, 0.25) is 0 Å². The average Bonchev–Trinajstić information content (AvgIpc) is 2.25. The molecule has 1 aromatic carbocycles. The second kappa shape index (κ2) is 4.96. The van der Waals surface area contributed by atoms with E-state index in [4.69, 9.17) is 0 Å². The highest BCUT2D eigenvalue weighted by Gasteiger charge is 2.48. The van der Waals surface area contributed by atoms with Crippen molar-refractivity contribution < 1.29 is 43.7 Å². The van der Waals surface area contributed by atoms with Crippen molar-refractivity contribution in [1.82, 2.24) is 0 Å². The molecule has 0 aliphatic carbocycles. The highest BCUT2D eigenvalue weighted by Crippen LogP contribution is 2.34. The lowest BCUT2D eigenvalue weighted by Crippen LogP contribution is -2.28. The van der Waals surface area contributed by atoms with E-state index in [0.29, 0.717) is 12.1 Å². The van der Waals surface area contributed by atoms with Crippen LogP contribution < -0.4 is 4.18 Å². The zero-order chi connectivity index (χ0) is 15.8. The van der Waals surface area contributed by atoms with E-state index in [0.717, 1.165) is 0 Å². The van der Waals surface area contributed by atoms with Crippen molar-refractivity contribution in [2.45, 2.75) is 11.7 Å². The fourth-order valence-electron chi connectivity index (χ4n) is 1.08. The van der Waals surface area contributed by atoms with Crippen LogP contribution >= 0.6 is 0 Å². The first kappa shape index (κ1) is 16.3. The molecule has 20 heavy (non-hydrogen) atoms. The maximum atomic E-state index is 12.4. The van der Waals surface area contributed by atoms with Crippen LogP contribution in [-0.2, 0) is 16.3 Å². The van der Waals surface area contributed by atoms with Crippen molar-refractivity contribution in [3.63, 3.8) is 0 Å². The van der Waals surface area contributed by atoms with Crippen molar-refractivity contribution in [2.75, 3.05) is 0 Å². The monoisotopic (exact) mass is 322 g/mol. The second-order valence-corrected chi connectivity index (χ2v) is 4.93. The van der Waals surface area contributed by atoms with E-state index >= 15 is 0 Å². The second-order valence-electron chi connectivity index (χ2n) is 3.39. The highest BCUT2D eigenvalue weighted by atomic mass is 32.2. The Morgan fingerprint density at radius 2 is 1.55 bits per heavy atom. The van der Waals surface area contributed by atoms with Gasteiger partial charge in [-0.1, -0.05) is 0 Å². The molecule has 0 heterocycles. The number of alkyl halides is 6. The SMILES string of the molecule is O=Cc1cc(OS(=O)(=O)C(F)(F)F)cc(C(F)(F)F)c1. The van der Waals surface area contributed by atoms with E-state index in [2.05, 4.69) is 4.18 Å². The normalized spacial score (nSPS) is 13.1. The third kappa shape index (κ3) is 3.62. The zero-order valence-electron chi connectivity index (χ0n) is 9.12. The Bertz CT molecular complexity index is 616. The molecule has 0 fully saturated rings. The van der Waals surface area contributed by atoms with Gasteiger partial charge in [0.25, 0.3) is 0 Å². The number of hydrogen-bond donors (Lipinski definition) is 0. The summed E-state index contributed by atoms with van der Waals surface area (Å²) in [6, 6.07) is 0.807. The van der Waals surface area contributed by atoms with Crippen LogP contribution in [-0.4, -0.2) is 20.2 Å². The molecule has 0 unspecified atom stereocenters. The van der Waals surface area contributed by atoms with Gasteiger partial charge in [-0.25, -0.2) is 0 Å². The Morgan fingerprint density at radius 3 is 1.95 bits per heavy atom. The lowest BCUT2D eigenvalue weighted by Gasteiger charge is -2.12. The van der Waals surface area contributed by atoms with Gasteiger partial charge in [-0.15, -0.1) is 0 Å². The van der Waals surface area contributed by atoms with Crippen LogP contribution in [0.15, 0.2) is 18.2 Å². The van der Waals surface area contributed by atoms with Gasteiger partial charge in [0.15, 0.2) is 0 Å². The molecule has 0 radical (unpaired) electrons. The minimum atomic E-state index is -6.12.